The van der Waals surface area contributed by atoms with E-state index in [-0.39, 0.29) is 5.78 Å². The molecule has 4 heteroatoms. The van der Waals surface area contributed by atoms with Gasteiger partial charge in [-0.2, -0.15) is 0 Å². The van der Waals surface area contributed by atoms with Gasteiger partial charge in [-0.15, -0.1) is 0 Å². The SMILES string of the molecule is CCN(CC1CCCO1)c1ccc(C(C)=O)c(N)c1. The smallest absolute Gasteiger partial charge is 0.161 e. The van der Waals surface area contributed by atoms with Crippen LogP contribution in [0.15, 0.2) is 18.2 Å². The summed E-state index contributed by atoms with van der Waals surface area (Å²) in [5, 5.41) is 0. The van der Waals surface area contributed by atoms with Crippen LogP contribution < -0.4 is 10.6 Å². The van der Waals surface area contributed by atoms with E-state index in [0.717, 1.165) is 38.2 Å². The number of likely N-dealkylation sites (N-methyl/N-ethyl adjacent to an activating group) is 1. The third kappa shape index (κ3) is 3.26. The van der Waals surface area contributed by atoms with Crippen molar-refractivity contribution >= 4 is 17.2 Å². The lowest BCUT2D eigenvalue weighted by molar-refractivity contribution is 0.101. The zero-order chi connectivity index (χ0) is 13.8. The Hall–Kier alpha value is -1.55. The van der Waals surface area contributed by atoms with E-state index in [0.29, 0.717) is 17.4 Å². The second-order valence-corrected chi connectivity index (χ2v) is 5.00. The van der Waals surface area contributed by atoms with Crippen LogP contribution in [0.1, 0.15) is 37.0 Å². The number of Topliss-reactive ketones (excluding diaryl/α,β-unsaturated/α-hetero) is 1. The first kappa shape index (κ1) is 13.9. The van der Waals surface area contributed by atoms with Gasteiger partial charge >= 0.3 is 0 Å². The summed E-state index contributed by atoms with van der Waals surface area (Å²) in [5.74, 6) is 0.00576. The molecule has 1 heterocycles. The van der Waals surface area contributed by atoms with Crippen LogP contribution in [0.25, 0.3) is 0 Å². The molecule has 1 aliphatic rings. The van der Waals surface area contributed by atoms with Crippen molar-refractivity contribution in [1.29, 1.82) is 0 Å². The molecule has 0 radical (unpaired) electrons. The monoisotopic (exact) mass is 262 g/mol. The van der Waals surface area contributed by atoms with Crippen molar-refractivity contribution in [2.75, 3.05) is 30.3 Å². The highest BCUT2D eigenvalue weighted by atomic mass is 16.5. The van der Waals surface area contributed by atoms with E-state index in [1.165, 1.54) is 6.92 Å². The average Bonchev–Trinajstić information content (AvgIpc) is 2.88. The number of carbonyl (C=O) groups is 1. The minimum atomic E-state index is 0.00576. The molecular formula is C15H22N2O2. The summed E-state index contributed by atoms with van der Waals surface area (Å²) < 4.78 is 5.67. The summed E-state index contributed by atoms with van der Waals surface area (Å²) in [6.07, 6.45) is 2.58. The summed E-state index contributed by atoms with van der Waals surface area (Å²) in [6, 6.07) is 5.66. The molecule has 0 aliphatic carbocycles. The van der Waals surface area contributed by atoms with Crippen LogP contribution >= 0.6 is 0 Å². The first-order chi connectivity index (χ1) is 9.11. The zero-order valence-electron chi connectivity index (χ0n) is 11.7. The number of nitrogen functional groups attached to an aromatic ring is 1. The van der Waals surface area contributed by atoms with Gasteiger partial charge in [-0.25, -0.2) is 0 Å². The molecule has 1 unspecified atom stereocenters. The fraction of sp³-hybridized carbons (Fsp3) is 0.533. The second-order valence-electron chi connectivity index (χ2n) is 5.00. The third-order valence-electron chi connectivity index (χ3n) is 3.61. The van der Waals surface area contributed by atoms with Crippen molar-refractivity contribution in [2.24, 2.45) is 0 Å². The maximum atomic E-state index is 11.4. The van der Waals surface area contributed by atoms with Crippen molar-refractivity contribution in [3.63, 3.8) is 0 Å². The highest BCUT2D eigenvalue weighted by Crippen LogP contribution is 2.24. The number of hydrogen-bond donors (Lipinski definition) is 1. The predicted octanol–water partition coefficient (Wildman–Crippen LogP) is 2.48. The molecule has 104 valence electrons. The van der Waals surface area contributed by atoms with Gasteiger partial charge in [0.2, 0.25) is 0 Å². The van der Waals surface area contributed by atoms with Gasteiger partial charge in [0.25, 0.3) is 0 Å². The molecule has 2 N–H and O–H groups in total. The van der Waals surface area contributed by atoms with Crippen LogP contribution in [-0.4, -0.2) is 31.6 Å². The highest BCUT2D eigenvalue weighted by Gasteiger charge is 2.19. The number of ether oxygens (including phenoxy) is 1. The highest BCUT2D eigenvalue weighted by molar-refractivity contribution is 5.99. The second kappa shape index (κ2) is 6.06. The van der Waals surface area contributed by atoms with Crippen molar-refractivity contribution in [2.45, 2.75) is 32.8 Å². The lowest BCUT2D eigenvalue weighted by atomic mass is 10.1. The molecule has 0 amide bonds. The van der Waals surface area contributed by atoms with Gasteiger partial charge in [0.15, 0.2) is 5.78 Å². The summed E-state index contributed by atoms with van der Waals surface area (Å²) in [7, 11) is 0. The topological polar surface area (TPSA) is 55.6 Å². The van der Waals surface area contributed by atoms with Crippen molar-refractivity contribution in [3.05, 3.63) is 23.8 Å². The molecule has 1 atom stereocenters. The Morgan fingerprint density at radius 2 is 2.32 bits per heavy atom. The van der Waals surface area contributed by atoms with E-state index in [4.69, 9.17) is 10.5 Å². The van der Waals surface area contributed by atoms with Gasteiger partial charge in [0.05, 0.1) is 6.10 Å². The quantitative estimate of drug-likeness (QED) is 0.654. The van der Waals surface area contributed by atoms with E-state index in [9.17, 15) is 4.79 Å². The average molecular weight is 262 g/mol. The molecule has 0 saturated carbocycles. The maximum Gasteiger partial charge on any atom is 0.161 e. The van der Waals surface area contributed by atoms with Crippen LogP contribution in [0, 0.1) is 0 Å². The molecule has 1 aliphatic heterocycles. The van der Waals surface area contributed by atoms with Crippen molar-refractivity contribution in [3.8, 4) is 0 Å². The van der Waals surface area contributed by atoms with E-state index in [2.05, 4.69) is 11.8 Å². The summed E-state index contributed by atoms with van der Waals surface area (Å²) in [4.78, 5) is 13.6. The molecule has 1 fully saturated rings. The number of nitrogens with zero attached hydrogens (tertiary/aromatic N) is 1. The molecule has 0 bridgehead atoms. The number of ketones is 1. The number of rotatable bonds is 5. The fourth-order valence-corrected chi connectivity index (χ4v) is 2.52. The third-order valence-corrected chi connectivity index (χ3v) is 3.61. The van der Waals surface area contributed by atoms with Gasteiger partial charge in [0, 0.05) is 36.6 Å². The van der Waals surface area contributed by atoms with E-state index in [1.54, 1.807) is 0 Å². The Kier molecular flexibility index (Phi) is 4.43. The number of anilines is 2. The van der Waals surface area contributed by atoms with E-state index >= 15 is 0 Å². The van der Waals surface area contributed by atoms with E-state index in [1.807, 2.05) is 18.2 Å². The molecule has 4 nitrogen and oxygen atoms in total. The zero-order valence-corrected chi connectivity index (χ0v) is 11.7. The predicted molar refractivity (Wildman–Crippen MR) is 77.7 cm³/mol. The molecular weight excluding hydrogens is 240 g/mol. The van der Waals surface area contributed by atoms with Gasteiger partial charge < -0.3 is 15.4 Å². The van der Waals surface area contributed by atoms with Gasteiger partial charge in [0.1, 0.15) is 0 Å². The van der Waals surface area contributed by atoms with Crippen LogP contribution in [0.3, 0.4) is 0 Å². The molecule has 0 aromatic heterocycles. The lowest BCUT2D eigenvalue weighted by Gasteiger charge is -2.26. The molecule has 2 rings (SSSR count). The minimum absolute atomic E-state index is 0.00576. The number of benzene rings is 1. The Labute approximate surface area is 114 Å². The minimum Gasteiger partial charge on any atom is -0.398 e. The van der Waals surface area contributed by atoms with Crippen molar-refractivity contribution in [1.82, 2.24) is 0 Å². The summed E-state index contributed by atoms with van der Waals surface area (Å²) in [6.45, 7) is 6.31. The summed E-state index contributed by atoms with van der Waals surface area (Å²) in [5.41, 5.74) is 8.15. The molecule has 19 heavy (non-hydrogen) atoms. The van der Waals surface area contributed by atoms with Gasteiger partial charge in [-0.3, -0.25) is 4.79 Å². The normalized spacial score (nSPS) is 18.5. The van der Waals surface area contributed by atoms with Crippen LogP contribution in [-0.2, 0) is 4.74 Å². The molecule has 1 aromatic carbocycles. The summed E-state index contributed by atoms with van der Waals surface area (Å²) >= 11 is 0. The van der Waals surface area contributed by atoms with Crippen LogP contribution in [0.2, 0.25) is 0 Å². The number of hydrogen-bond acceptors (Lipinski definition) is 4. The first-order valence-corrected chi connectivity index (χ1v) is 6.88. The number of nitrogens with two attached hydrogens (primary N) is 1. The molecule has 0 spiro atoms. The van der Waals surface area contributed by atoms with Gasteiger partial charge in [-0.05, 0) is 44.9 Å². The molecule has 1 aromatic rings. The molecule has 1 saturated heterocycles. The Balaban J connectivity index is 2.13. The van der Waals surface area contributed by atoms with Gasteiger partial charge in [-0.1, -0.05) is 0 Å². The Bertz CT molecular complexity index is 453. The maximum absolute atomic E-state index is 11.4. The fourth-order valence-electron chi connectivity index (χ4n) is 2.52. The van der Waals surface area contributed by atoms with Crippen molar-refractivity contribution < 1.29 is 9.53 Å². The number of carbonyl (C=O) groups excluding carboxylic acids is 1. The van der Waals surface area contributed by atoms with Crippen LogP contribution in [0.5, 0.6) is 0 Å². The largest absolute Gasteiger partial charge is 0.398 e. The first-order valence-electron chi connectivity index (χ1n) is 6.88. The van der Waals surface area contributed by atoms with E-state index < -0.39 is 0 Å². The lowest BCUT2D eigenvalue weighted by Crippen LogP contribution is -2.32. The Morgan fingerprint density at radius 3 is 2.84 bits per heavy atom. The van der Waals surface area contributed by atoms with Crippen LogP contribution in [0.4, 0.5) is 11.4 Å². The standard InChI is InChI=1S/C15H22N2O2/c1-3-17(10-13-5-4-8-19-13)12-6-7-14(11(2)18)15(16)9-12/h6-7,9,13H,3-5,8,10,16H2,1-2H3. The Morgan fingerprint density at radius 1 is 1.53 bits per heavy atom.